The maximum Gasteiger partial charge on any atom is 0.231 e. The molecule has 2 heterocycles. The van der Waals surface area contributed by atoms with Crippen LogP contribution in [0, 0.1) is 11.8 Å². The van der Waals surface area contributed by atoms with E-state index in [-0.39, 0.29) is 41.7 Å². The Kier molecular flexibility index (Phi) is 5.23. The Balaban J connectivity index is 1.46. The number of carbonyl (C=O) groups excluding carboxylic acids is 2. The van der Waals surface area contributed by atoms with E-state index in [1.165, 1.54) is 0 Å². The number of halogens is 1. The summed E-state index contributed by atoms with van der Waals surface area (Å²) in [5, 5.41) is 3.75. The fraction of sp³-hybridized carbons (Fsp3) is 0.609. The Morgan fingerprint density at radius 3 is 2.74 bits per heavy atom. The van der Waals surface area contributed by atoms with Crippen molar-refractivity contribution in [1.82, 2.24) is 10.2 Å². The maximum absolute atomic E-state index is 13.1. The number of ether oxygens (including phenoxy) is 1. The Bertz CT molecular complexity index is 958. The fourth-order valence-electron chi connectivity index (χ4n) is 4.90. The van der Waals surface area contributed by atoms with Crippen LogP contribution in [0.2, 0.25) is 5.02 Å². The van der Waals surface area contributed by atoms with E-state index in [0.717, 1.165) is 12.0 Å². The highest BCUT2D eigenvalue weighted by Gasteiger charge is 2.51. The van der Waals surface area contributed by atoms with Gasteiger partial charge in [-0.25, -0.2) is 4.99 Å². The number of hydrogen-bond acceptors (Lipinski definition) is 5. The Hall–Kier alpha value is -2.28. The lowest BCUT2D eigenvalue weighted by Crippen LogP contribution is -2.54. The molecule has 4 rings (SSSR count). The summed E-state index contributed by atoms with van der Waals surface area (Å²) in [7, 11) is 0. The molecule has 1 saturated carbocycles. The maximum atomic E-state index is 13.1. The van der Waals surface area contributed by atoms with Crippen LogP contribution < -0.4 is 15.8 Å². The van der Waals surface area contributed by atoms with Crippen molar-refractivity contribution in [1.29, 1.82) is 0 Å². The quantitative estimate of drug-likeness (QED) is 0.740. The van der Waals surface area contributed by atoms with Gasteiger partial charge in [0.1, 0.15) is 11.4 Å². The summed E-state index contributed by atoms with van der Waals surface area (Å²) in [6.45, 7) is 9.72. The predicted molar refractivity (Wildman–Crippen MR) is 120 cm³/mol. The Morgan fingerprint density at radius 1 is 1.35 bits per heavy atom. The van der Waals surface area contributed by atoms with Crippen LogP contribution in [0.4, 0.5) is 0 Å². The zero-order valence-electron chi connectivity index (χ0n) is 18.7. The first-order chi connectivity index (χ1) is 14.4. The molecule has 2 aliphatic heterocycles. The molecule has 168 valence electrons. The van der Waals surface area contributed by atoms with Gasteiger partial charge in [-0.15, -0.1) is 0 Å². The van der Waals surface area contributed by atoms with Gasteiger partial charge in [0, 0.05) is 23.9 Å². The van der Waals surface area contributed by atoms with Crippen molar-refractivity contribution >= 4 is 29.4 Å². The van der Waals surface area contributed by atoms with Gasteiger partial charge in [-0.05, 0) is 53.0 Å². The van der Waals surface area contributed by atoms with E-state index in [0.29, 0.717) is 23.6 Å². The number of rotatable bonds is 4. The van der Waals surface area contributed by atoms with Crippen molar-refractivity contribution in [3.63, 3.8) is 0 Å². The van der Waals surface area contributed by atoms with Crippen LogP contribution in [0.5, 0.6) is 5.75 Å². The van der Waals surface area contributed by atoms with Gasteiger partial charge in [0.2, 0.25) is 11.8 Å². The molecule has 2 amide bonds. The summed E-state index contributed by atoms with van der Waals surface area (Å²) in [6.07, 6.45) is 1.69. The molecule has 8 heteroatoms. The van der Waals surface area contributed by atoms with Gasteiger partial charge in [0.25, 0.3) is 0 Å². The van der Waals surface area contributed by atoms with Crippen LogP contribution in [-0.2, 0) is 9.59 Å². The van der Waals surface area contributed by atoms with Crippen LogP contribution in [0.25, 0.3) is 0 Å². The highest BCUT2D eigenvalue weighted by molar-refractivity contribution is 6.32. The van der Waals surface area contributed by atoms with E-state index < -0.39 is 11.1 Å². The van der Waals surface area contributed by atoms with Crippen LogP contribution in [0.1, 0.15) is 65.5 Å². The lowest BCUT2D eigenvalue weighted by Gasteiger charge is -2.38. The number of amides is 2. The third-order valence-electron chi connectivity index (χ3n) is 6.48. The summed E-state index contributed by atoms with van der Waals surface area (Å²) >= 11 is 6.35. The third kappa shape index (κ3) is 4.25. The normalized spacial score (nSPS) is 29.4. The van der Waals surface area contributed by atoms with Crippen LogP contribution in [0.15, 0.2) is 23.2 Å². The third-order valence-corrected chi connectivity index (χ3v) is 6.78. The zero-order valence-corrected chi connectivity index (χ0v) is 19.5. The summed E-state index contributed by atoms with van der Waals surface area (Å²) in [4.78, 5) is 31.8. The van der Waals surface area contributed by atoms with Crippen molar-refractivity contribution in [2.45, 2.75) is 77.1 Å². The number of nitrogens with one attached hydrogen (secondary N) is 1. The molecule has 31 heavy (non-hydrogen) atoms. The van der Waals surface area contributed by atoms with Crippen molar-refractivity contribution in [3.8, 4) is 5.75 Å². The second-order valence-corrected chi connectivity index (χ2v) is 10.7. The molecule has 0 spiro atoms. The van der Waals surface area contributed by atoms with Crippen molar-refractivity contribution in [2.75, 3.05) is 0 Å². The molecule has 1 aromatic rings. The Labute approximate surface area is 188 Å². The molecule has 3 aliphatic rings. The van der Waals surface area contributed by atoms with Crippen molar-refractivity contribution in [2.24, 2.45) is 22.6 Å². The number of fused-ring (bicyclic) bond motifs is 1. The highest BCUT2D eigenvalue weighted by Crippen LogP contribution is 2.47. The molecular formula is C23H31ClN4O3. The fourth-order valence-corrected chi connectivity index (χ4v) is 5.12. The van der Waals surface area contributed by atoms with Crippen molar-refractivity contribution < 1.29 is 14.3 Å². The van der Waals surface area contributed by atoms with Crippen LogP contribution in [-0.4, -0.2) is 39.9 Å². The summed E-state index contributed by atoms with van der Waals surface area (Å²) < 4.78 is 6.06. The first kappa shape index (κ1) is 21.9. The number of aliphatic imine (C=N–C) groups is 1. The number of nitrogens with two attached hydrogens (primary N) is 1. The lowest BCUT2D eigenvalue weighted by atomic mass is 9.89. The molecular weight excluding hydrogens is 416 g/mol. The number of hydrogen-bond donors (Lipinski definition) is 2. The number of benzene rings is 1. The van der Waals surface area contributed by atoms with Crippen LogP contribution >= 0.6 is 11.6 Å². The average Bonchev–Trinajstić information content (AvgIpc) is 3.41. The summed E-state index contributed by atoms with van der Waals surface area (Å²) in [5.41, 5.74) is 6.08. The molecule has 3 N–H and O–H groups in total. The Morgan fingerprint density at radius 2 is 2.06 bits per heavy atom. The topological polar surface area (TPSA) is 97.0 Å². The van der Waals surface area contributed by atoms with E-state index in [2.05, 4.69) is 10.3 Å². The molecule has 0 radical (unpaired) electrons. The molecule has 1 unspecified atom stereocenters. The molecule has 0 bridgehead atoms. The van der Waals surface area contributed by atoms with E-state index in [1.807, 2.05) is 46.8 Å². The molecule has 1 aromatic carbocycles. The standard InChI is InChI=1S/C23H31ClN4O3/c1-12(28-18(29)11-22(2,3)27-21(28)25)14-9-15(14)20(30)26-17-10-23(4,5)31-19-13(17)7-6-8-16(19)24/h6-8,12,14-15,17H,9-11H2,1-5H3,(H2,25,27)(H,26,30)/t12-,14+,15-,17?/m1/s1. The van der Waals surface area contributed by atoms with Gasteiger partial charge >= 0.3 is 0 Å². The molecule has 1 fully saturated rings. The highest BCUT2D eigenvalue weighted by atomic mass is 35.5. The molecule has 0 saturated heterocycles. The second kappa shape index (κ2) is 7.40. The van der Waals surface area contributed by atoms with E-state index in [9.17, 15) is 9.59 Å². The second-order valence-electron chi connectivity index (χ2n) is 10.3. The number of carbonyl (C=O) groups is 2. The van der Waals surface area contributed by atoms with Gasteiger partial charge in [-0.2, -0.15) is 0 Å². The average molecular weight is 447 g/mol. The minimum absolute atomic E-state index is 0.00854. The lowest BCUT2D eigenvalue weighted by molar-refractivity contribution is -0.132. The zero-order chi connectivity index (χ0) is 22.7. The molecule has 4 atom stereocenters. The summed E-state index contributed by atoms with van der Waals surface area (Å²) in [6, 6.07) is 5.26. The van der Waals surface area contributed by atoms with Gasteiger partial charge in [-0.3, -0.25) is 14.5 Å². The molecule has 7 nitrogen and oxygen atoms in total. The number of nitrogens with zero attached hydrogens (tertiary/aromatic N) is 2. The van der Waals surface area contributed by atoms with E-state index >= 15 is 0 Å². The SMILES string of the molecule is C[C@H]([C@@H]1C[C@H]1C(=O)NC1CC(C)(C)Oc2c(Cl)cccc21)N1C(=O)CC(C)(C)N=C1N. The van der Waals surface area contributed by atoms with Gasteiger partial charge in [-0.1, -0.05) is 23.7 Å². The predicted octanol–water partition coefficient (Wildman–Crippen LogP) is 3.41. The van der Waals surface area contributed by atoms with Gasteiger partial charge < -0.3 is 15.8 Å². The molecule has 1 aliphatic carbocycles. The van der Waals surface area contributed by atoms with E-state index in [1.54, 1.807) is 11.0 Å². The van der Waals surface area contributed by atoms with Crippen LogP contribution in [0.3, 0.4) is 0 Å². The number of para-hydroxylation sites is 1. The van der Waals surface area contributed by atoms with Gasteiger partial charge in [0.05, 0.1) is 23.0 Å². The minimum atomic E-state index is -0.484. The molecule has 0 aromatic heterocycles. The first-order valence-corrected chi connectivity index (χ1v) is 11.2. The monoisotopic (exact) mass is 446 g/mol. The first-order valence-electron chi connectivity index (χ1n) is 10.8. The largest absolute Gasteiger partial charge is 0.486 e. The van der Waals surface area contributed by atoms with Gasteiger partial charge in [0.15, 0.2) is 5.96 Å². The number of guanidine groups is 1. The van der Waals surface area contributed by atoms with E-state index in [4.69, 9.17) is 22.1 Å². The minimum Gasteiger partial charge on any atom is -0.486 e. The van der Waals surface area contributed by atoms with Crippen molar-refractivity contribution in [3.05, 3.63) is 28.8 Å². The summed E-state index contributed by atoms with van der Waals surface area (Å²) in [5.74, 6) is 0.743. The smallest absolute Gasteiger partial charge is 0.231 e.